The Hall–Kier alpha value is -1.32. The van der Waals surface area contributed by atoms with Crippen LogP contribution in [0, 0.1) is 0 Å². The zero-order chi connectivity index (χ0) is 18.0. The number of guanidine groups is 1. The normalized spacial score (nSPS) is 16.3. The number of rotatable bonds is 8. The molecule has 1 aliphatic heterocycles. The summed E-state index contributed by atoms with van der Waals surface area (Å²) in [6, 6.07) is 7.84. The topological polar surface area (TPSA) is 75.1 Å². The molecule has 0 aromatic heterocycles. The van der Waals surface area contributed by atoms with E-state index in [9.17, 15) is 5.11 Å². The van der Waals surface area contributed by atoms with Gasteiger partial charge in [-0.3, -0.25) is 0 Å². The fraction of sp³-hybridized carbons (Fsp3) is 0.526. The van der Waals surface area contributed by atoms with Crippen LogP contribution in [0.2, 0.25) is 0 Å². The monoisotopic (exact) mass is 475 g/mol. The maximum absolute atomic E-state index is 10.6. The van der Waals surface area contributed by atoms with Crippen LogP contribution < -0.4 is 15.4 Å². The Kier molecular flexibility index (Phi) is 10.6. The molecule has 146 valence electrons. The lowest BCUT2D eigenvalue weighted by Crippen LogP contribution is -2.49. The van der Waals surface area contributed by atoms with Gasteiger partial charge in [0, 0.05) is 44.7 Å². The lowest BCUT2D eigenvalue weighted by atomic mass is 9.94. The second-order valence-electron chi connectivity index (χ2n) is 6.09. The van der Waals surface area contributed by atoms with E-state index in [-0.39, 0.29) is 24.0 Å². The lowest BCUT2D eigenvalue weighted by molar-refractivity contribution is -0.0594. The van der Waals surface area contributed by atoms with Crippen LogP contribution in [0.4, 0.5) is 0 Å². The summed E-state index contributed by atoms with van der Waals surface area (Å²) in [6.07, 6.45) is 3.00. The van der Waals surface area contributed by atoms with E-state index in [0.717, 1.165) is 17.9 Å². The molecular weight excluding hydrogens is 445 g/mol. The number of nitrogens with zero attached hydrogens (tertiary/aromatic N) is 1. The Labute approximate surface area is 173 Å². The third-order valence-electron chi connectivity index (χ3n) is 4.09. The zero-order valence-corrected chi connectivity index (χ0v) is 17.7. The van der Waals surface area contributed by atoms with Crippen LogP contribution >= 0.6 is 24.0 Å². The Morgan fingerprint density at radius 1 is 1.35 bits per heavy atom. The summed E-state index contributed by atoms with van der Waals surface area (Å²) in [6.45, 7) is 9.05. The molecule has 1 aromatic rings. The van der Waals surface area contributed by atoms with E-state index in [1.54, 1.807) is 6.08 Å². The number of aliphatic hydroxyl groups is 1. The summed E-state index contributed by atoms with van der Waals surface area (Å²) >= 11 is 0. The molecule has 7 heteroatoms. The Morgan fingerprint density at radius 3 is 2.77 bits per heavy atom. The maximum atomic E-state index is 10.6. The molecule has 1 aromatic carbocycles. The van der Waals surface area contributed by atoms with Crippen molar-refractivity contribution >= 4 is 29.9 Å². The number of benzene rings is 1. The predicted octanol–water partition coefficient (Wildman–Crippen LogP) is 2.47. The van der Waals surface area contributed by atoms with Crippen molar-refractivity contribution in [2.75, 3.05) is 32.9 Å². The Balaban J connectivity index is 0.00000338. The molecule has 0 saturated carbocycles. The summed E-state index contributed by atoms with van der Waals surface area (Å²) in [4.78, 5) is 4.61. The van der Waals surface area contributed by atoms with E-state index in [4.69, 9.17) is 9.47 Å². The first-order valence-electron chi connectivity index (χ1n) is 8.81. The second-order valence-corrected chi connectivity index (χ2v) is 6.09. The van der Waals surface area contributed by atoms with Gasteiger partial charge in [0.15, 0.2) is 5.96 Å². The minimum atomic E-state index is -0.737. The van der Waals surface area contributed by atoms with Gasteiger partial charge >= 0.3 is 0 Å². The van der Waals surface area contributed by atoms with Crippen LogP contribution in [0.1, 0.15) is 25.3 Å². The average Bonchev–Trinajstić information content (AvgIpc) is 2.63. The Bertz CT molecular complexity index is 575. The van der Waals surface area contributed by atoms with Crippen LogP contribution in [-0.4, -0.2) is 49.6 Å². The van der Waals surface area contributed by atoms with Crippen molar-refractivity contribution in [1.29, 1.82) is 0 Å². The van der Waals surface area contributed by atoms with Crippen molar-refractivity contribution in [3.8, 4) is 5.75 Å². The molecule has 26 heavy (non-hydrogen) atoms. The van der Waals surface area contributed by atoms with Gasteiger partial charge in [-0.25, -0.2) is 4.99 Å². The van der Waals surface area contributed by atoms with Crippen LogP contribution in [0.15, 0.2) is 41.9 Å². The minimum absolute atomic E-state index is 0. The first-order valence-corrected chi connectivity index (χ1v) is 8.81. The van der Waals surface area contributed by atoms with Crippen molar-refractivity contribution in [2.45, 2.75) is 31.9 Å². The summed E-state index contributed by atoms with van der Waals surface area (Å²) in [7, 11) is 0. The third kappa shape index (κ3) is 7.51. The SMILES string of the molecule is C=CCOc1ccccc1CN=C(NCC)NCC1(O)CCOCC1.I. The molecule has 0 amide bonds. The summed E-state index contributed by atoms with van der Waals surface area (Å²) < 4.78 is 11.0. The molecule has 1 fully saturated rings. The molecule has 0 aliphatic carbocycles. The lowest BCUT2D eigenvalue weighted by Gasteiger charge is -2.32. The van der Waals surface area contributed by atoms with E-state index in [0.29, 0.717) is 51.7 Å². The molecule has 3 N–H and O–H groups in total. The number of aliphatic imine (C=N–C) groups is 1. The van der Waals surface area contributed by atoms with Crippen molar-refractivity contribution < 1.29 is 14.6 Å². The van der Waals surface area contributed by atoms with Crippen LogP contribution in [0.3, 0.4) is 0 Å². The minimum Gasteiger partial charge on any atom is -0.489 e. The van der Waals surface area contributed by atoms with Crippen molar-refractivity contribution in [1.82, 2.24) is 10.6 Å². The molecule has 6 nitrogen and oxygen atoms in total. The highest BCUT2D eigenvalue weighted by Crippen LogP contribution is 2.20. The zero-order valence-electron chi connectivity index (χ0n) is 15.4. The van der Waals surface area contributed by atoms with Gasteiger partial charge in [-0.2, -0.15) is 0 Å². The first kappa shape index (κ1) is 22.7. The third-order valence-corrected chi connectivity index (χ3v) is 4.09. The first-order chi connectivity index (χ1) is 12.2. The number of hydrogen-bond donors (Lipinski definition) is 3. The van der Waals surface area contributed by atoms with Crippen molar-refractivity contribution in [2.24, 2.45) is 4.99 Å². The van der Waals surface area contributed by atoms with Gasteiger partial charge < -0.3 is 25.2 Å². The largest absolute Gasteiger partial charge is 0.489 e. The van der Waals surface area contributed by atoms with Crippen molar-refractivity contribution in [3.05, 3.63) is 42.5 Å². The van der Waals surface area contributed by atoms with E-state index in [1.807, 2.05) is 31.2 Å². The van der Waals surface area contributed by atoms with Gasteiger partial charge in [0.05, 0.1) is 12.1 Å². The highest BCUT2D eigenvalue weighted by molar-refractivity contribution is 14.0. The molecule has 1 heterocycles. The maximum Gasteiger partial charge on any atom is 0.191 e. The molecule has 1 saturated heterocycles. The molecule has 0 unspecified atom stereocenters. The van der Waals surface area contributed by atoms with E-state index in [1.165, 1.54) is 0 Å². The summed E-state index contributed by atoms with van der Waals surface area (Å²) in [5.74, 6) is 1.49. The van der Waals surface area contributed by atoms with Gasteiger partial charge in [-0.05, 0) is 13.0 Å². The highest BCUT2D eigenvalue weighted by Gasteiger charge is 2.29. The number of ether oxygens (including phenoxy) is 2. The van der Waals surface area contributed by atoms with Gasteiger partial charge in [-0.15, -0.1) is 24.0 Å². The number of halogens is 1. The summed E-state index contributed by atoms with van der Waals surface area (Å²) in [5.41, 5.74) is 0.269. The van der Waals surface area contributed by atoms with Gasteiger partial charge in [0.25, 0.3) is 0 Å². The quantitative estimate of drug-likeness (QED) is 0.233. The molecule has 0 radical (unpaired) electrons. The van der Waals surface area contributed by atoms with Crippen LogP contribution in [0.25, 0.3) is 0 Å². The van der Waals surface area contributed by atoms with Gasteiger partial charge in [0.2, 0.25) is 0 Å². The van der Waals surface area contributed by atoms with Crippen LogP contribution in [-0.2, 0) is 11.3 Å². The summed E-state index contributed by atoms with van der Waals surface area (Å²) in [5, 5.41) is 17.0. The van der Waals surface area contributed by atoms with E-state index in [2.05, 4.69) is 22.2 Å². The average molecular weight is 475 g/mol. The van der Waals surface area contributed by atoms with E-state index >= 15 is 0 Å². The van der Waals surface area contributed by atoms with Crippen LogP contribution in [0.5, 0.6) is 5.75 Å². The predicted molar refractivity (Wildman–Crippen MR) is 115 cm³/mol. The molecule has 0 spiro atoms. The smallest absolute Gasteiger partial charge is 0.191 e. The number of nitrogens with one attached hydrogen (secondary N) is 2. The molecule has 2 rings (SSSR count). The molecule has 0 bridgehead atoms. The number of para-hydroxylation sites is 1. The van der Waals surface area contributed by atoms with Crippen molar-refractivity contribution in [3.63, 3.8) is 0 Å². The van der Waals surface area contributed by atoms with Gasteiger partial charge in [0.1, 0.15) is 12.4 Å². The standard InChI is InChI=1S/C19H29N3O3.HI/c1-3-11-25-17-8-6-5-7-16(17)14-21-18(20-4-2)22-15-19(23)9-12-24-13-10-19;/h3,5-8,23H,1,4,9-15H2,2H3,(H2,20,21,22);1H. The molecule has 0 atom stereocenters. The fourth-order valence-corrected chi connectivity index (χ4v) is 2.61. The van der Waals surface area contributed by atoms with Gasteiger partial charge in [-0.1, -0.05) is 30.9 Å². The van der Waals surface area contributed by atoms with E-state index < -0.39 is 5.60 Å². The molecule has 1 aliphatic rings. The fourth-order valence-electron chi connectivity index (χ4n) is 2.61. The molecular formula is C19H30IN3O3. The second kappa shape index (κ2) is 12.1. The highest BCUT2D eigenvalue weighted by atomic mass is 127. The number of hydrogen-bond acceptors (Lipinski definition) is 4. The Morgan fingerprint density at radius 2 is 2.08 bits per heavy atom.